The topological polar surface area (TPSA) is 69.9 Å². The van der Waals surface area contributed by atoms with Gasteiger partial charge in [-0.25, -0.2) is 15.0 Å². The number of para-hydroxylation sites is 3. The third kappa shape index (κ3) is 5.08. The van der Waals surface area contributed by atoms with Gasteiger partial charge in [0.1, 0.15) is 22.3 Å². The first kappa shape index (κ1) is 31.5. The molecule has 4 heterocycles. The van der Waals surface area contributed by atoms with Crippen LogP contribution >= 0.6 is 0 Å². The van der Waals surface area contributed by atoms with Crippen molar-refractivity contribution in [3.63, 3.8) is 0 Å². The van der Waals surface area contributed by atoms with Crippen LogP contribution < -0.4 is 0 Å². The fourth-order valence-corrected chi connectivity index (χ4v) is 8.31. The van der Waals surface area contributed by atoms with Gasteiger partial charge in [0.25, 0.3) is 0 Å². The van der Waals surface area contributed by atoms with E-state index in [-0.39, 0.29) is 0 Å². The van der Waals surface area contributed by atoms with Crippen LogP contribution in [-0.4, -0.2) is 19.5 Å². The average molecular weight is 731 g/mol. The maximum absolute atomic E-state index is 6.46. The molecule has 0 aliphatic carbocycles. The molecule has 4 aromatic heterocycles. The van der Waals surface area contributed by atoms with Crippen LogP contribution in [0.25, 0.3) is 117 Å². The molecule has 0 saturated heterocycles. The summed E-state index contributed by atoms with van der Waals surface area (Å²) in [5.41, 5.74) is 11.6. The molecule has 0 bridgehead atoms. The Balaban J connectivity index is 0.939. The minimum absolute atomic E-state index is 0.576. The molecule has 57 heavy (non-hydrogen) atoms. The summed E-state index contributed by atoms with van der Waals surface area (Å²) in [6.45, 7) is 0. The molecule has 12 aromatic rings. The van der Waals surface area contributed by atoms with Gasteiger partial charge in [0, 0.05) is 54.7 Å². The lowest BCUT2D eigenvalue weighted by Crippen LogP contribution is -2.00. The van der Waals surface area contributed by atoms with Gasteiger partial charge in [-0.15, -0.1) is 0 Å². The van der Waals surface area contributed by atoms with E-state index in [2.05, 4.69) is 126 Å². The Morgan fingerprint density at radius 2 is 0.754 bits per heavy atom. The highest BCUT2D eigenvalue weighted by molar-refractivity contribution is 6.10. The zero-order valence-corrected chi connectivity index (χ0v) is 30.4. The first-order chi connectivity index (χ1) is 28.2. The fourth-order valence-electron chi connectivity index (χ4n) is 8.31. The van der Waals surface area contributed by atoms with Crippen molar-refractivity contribution in [3.05, 3.63) is 182 Å². The Morgan fingerprint density at radius 1 is 0.298 bits per heavy atom. The SMILES string of the molecule is c1ccc(-c2nc(-c3ccc(-n4c5ccccc5c5ccccc54)cc3)nc(-c3ccc4c(c3)oc3ccc(-c5ccc6c(c5)oc5ccccc56)cc34)n2)cc1. The molecule has 0 spiro atoms. The van der Waals surface area contributed by atoms with Crippen molar-refractivity contribution in [3.8, 4) is 51.0 Å². The van der Waals surface area contributed by atoms with Crippen molar-refractivity contribution in [2.24, 2.45) is 0 Å². The Labute approximate surface area is 325 Å². The first-order valence-electron chi connectivity index (χ1n) is 19.0. The van der Waals surface area contributed by atoms with Crippen LogP contribution in [0.4, 0.5) is 0 Å². The summed E-state index contributed by atoms with van der Waals surface area (Å²) in [6, 6.07) is 62.8. The molecule has 0 aliphatic heterocycles. The maximum atomic E-state index is 6.46. The van der Waals surface area contributed by atoms with Crippen molar-refractivity contribution in [1.82, 2.24) is 19.5 Å². The van der Waals surface area contributed by atoms with E-state index in [0.29, 0.717) is 17.5 Å². The predicted octanol–water partition coefficient (Wildman–Crippen LogP) is 13.4. The normalized spacial score (nSPS) is 11.9. The van der Waals surface area contributed by atoms with E-state index in [4.69, 9.17) is 23.8 Å². The Kier molecular flexibility index (Phi) is 6.83. The van der Waals surface area contributed by atoms with Crippen molar-refractivity contribution in [2.45, 2.75) is 0 Å². The number of nitrogens with zero attached hydrogens (tertiary/aromatic N) is 4. The van der Waals surface area contributed by atoms with Gasteiger partial charge in [0.15, 0.2) is 17.5 Å². The molecule has 0 amide bonds. The third-order valence-electron chi connectivity index (χ3n) is 11.1. The zero-order chi connectivity index (χ0) is 37.5. The smallest absolute Gasteiger partial charge is 0.164 e. The summed E-state index contributed by atoms with van der Waals surface area (Å²) in [5.74, 6) is 1.79. The Hall–Kier alpha value is -7.83. The number of benzene rings is 8. The molecular formula is C51H30N4O2. The maximum Gasteiger partial charge on any atom is 0.164 e. The van der Waals surface area contributed by atoms with Gasteiger partial charge in [0.2, 0.25) is 0 Å². The van der Waals surface area contributed by atoms with Crippen molar-refractivity contribution < 1.29 is 8.83 Å². The van der Waals surface area contributed by atoms with E-state index in [1.54, 1.807) is 0 Å². The second-order valence-electron chi connectivity index (χ2n) is 14.4. The summed E-state index contributed by atoms with van der Waals surface area (Å²) in [4.78, 5) is 15.1. The summed E-state index contributed by atoms with van der Waals surface area (Å²) >= 11 is 0. The van der Waals surface area contributed by atoms with Gasteiger partial charge in [-0.1, -0.05) is 103 Å². The summed E-state index contributed by atoms with van der Waals surface area (Å²) in [6.07, 6.45) is 0. The Bertz CT molecular complexity index is 3470. The predicted molar refractivity (Wildman–Crippen MR) is 230 cm³/mol. The fraction of sp³-hybridized carbons (Fsp3) is 0. The molecule has 0 aliphatic rings. The van der Waals surface area contributed by atoms with Crippen LogP contribution in [0, 0.1) is 0 Å². The number of hydrogen-bond acceptors (Lipinski definition) is 5. The number of hydrogen-bond donors (Lipinski definition) is 0. The molecule has 0 saturated carbocycles. The van der Waals surface area contributed by atoms with Crippen LogP contribution in [0.5, 0.6) is 0 Å². The molecular weight excluding hydrogens is 701 g/mol. The highest BCUT2D eigenvalue weighted by Gasteiger charge is 2.17. The van der Waals surface area contributed by atoms with Crippen LogP contribution in [0.15, 0.2) is 191 Å². The first-order valence-corrected chi connectivity index (χ1v) is 19.0. The number of rotatable bonds is 5. The lowest BCUT2D eigenvalue weighted by Gasteiger charge is -2.11. The molecule has 6 nitrogen and oxygen atoms in total. The van der Waals surface area contributed by atoms with E-state index in [1.165, 1.54) is 21.8 Å². The molecule has 266 valence electrons. The van der Waals surface area contributed by atoms with E-state index >= 15 is 0 Å². The minimum Gasteiger partial charge on any atom is -0.456 e. The lowest BCUT2D eigenvalue weighted by atomic mass is 10.0. The highest BCUT2D eigenvalue weighted by atomic mass is 16.3. The number of furan rings is 2. The largest absolute Gasteiger partial charge is 0.456 e. The van der Waals surface area contributed by atoms with Gasteiger partial charge < -0.3 is 13.4 Å². The monoisotopic (exact) mass is 730 g/mol. The average Bonchev–Trinajstić information content (AvgIpc) is 3.95. The summed E-state index contributed by atoms with van der Waals surface area (Å²) in [5, 5.41) is 6.77. The number of fused-ring (bicyclic) bond motifs is 9. The van der Waals surface area contributed by atoms with Crippen LogP contribution in [0.2, 0.25) is 0 Å². The molecule has 0 atom stereocenters. The second-order valence-corrected chi connectivity index (χ2v) is 14.4. The van der Waals surface area contributed by atoms with Crippen molar-refractivity contribution in [1.29, 1.82) is 0 Å². The standard InChI is InChI=1S/C51H30N4O2/c1-2-10-31(11-3-1)49-52-50(32-18-23-36(24-19-32)55-43-15-7-4-12-37(43)38-13-5-8-16-44(38)55)54-51(53-49)35-21-26-41-42-28-33(22-27-46(42)57-48(41)30-35)34-20-25-40-39-14-6-9-17-45(39)56-47(40)29-34/h1-30H. The van der Waals surface area contributed by atoms with E-state index < -0.39 is 0 Å². The Morgan fingerprint density at radius 3 is 1.46 bits per heavy atom. The summed E-state index contributed by atoms with van der Waals surface area (Å²) in [7, 11) is 0. The van der Waals surface area contributed by atoms with Crippen LogP contribution in [-0.2, 0) is 0 Å². The molecule has 0 fully saturated rings. The van der Waals surface area contributed by atoms with Gasteiger partial charge in [0.05, 0.1) is 11.0 Å². The zero-order valence-electron chi connectivity index (χ0n) is 30.4. The van der Waals surface area contributed by atoms with Crippen molar-refractivity contribution >= 4 is 65.7 Å². The molecule has 0 N–H and O–H groups in total. The molecule has 8 aromatic carbocycles. The molecule has 6 heteroatoms. The minimum atomic E-state index is 0.576. The van der Waals surface area contributed by atoms with Crippen molar-refractivity contribution in [2.75, 3.05) is 0 Å². The highest BCUT2D eigenvalue weighted by Crippen LogP contribution is 2.38. The van der Waals surface area contributed by atoms with Crippen LogP contribution in [0.3, 0.4) is 0 Å². The van der Waals surface area contributed by atoms with E-state index in [9.17, 15) is 0 Å². The molecule has 0 radical (unpaired) electrons. The van der Waals surface area contributed by atoms with E-state index in [1.807, 2.05) is 60.7 Å². The van der Waals surface area contributed by atoms with Gasteiger partial charge in [-0.05, 0) is 90.0 Å². The summed E-state index contributed by atoms with van der Waals surface area (Å²) < 4.78 is 15.0. The molecule has 12 rings (SSSR count). The van der Waals surface area contributed by atoms with Gasteiger partial charge >= 0.3 is 0 Å². The van der Waals surface area contributed by atoms with Crippen LogP contribution in [0.1, 0.15) is 0 Å². The third-order valence-corrected chi connectivity index (χ3v) is 11.1. The molecule has 0 unspecified atom stereocenters. The quantitative estimate of drug-likeness (QED) is 0.176. The second kappa shape index (κ2) is 12.3. The van der Waals surface area contributed by atoms with E-state index in [0.717, 1.165) is 77.4 Å². The van der Waals surface area contributed by atoms with Gasteiger partial charge in [-0.3, -0.25) is 0 Å². The van der Waals surface area contributed by atoms with Gasteiger partial charge in [-0.2, -0.15) is 0 Å². The number of aromatic nitrogens is 4. The lowest BCUT2D eigenvalue weighted by molar-refractivity contribution is 0.669.